The molecule has 2 aromatic heterocycles. The molecule has 2 heterocycles. The molecule has 0 saturated carbocycles. The third-order valence-electron chi connectivity index (χ3n) is 3.59. The summed E-state index contributed by atoms with van der Waals surface area (Å²) in [6.07, 6.45) is 5.48. The van der Waals surface area contributed by atoms with Crippen LogP contribution in [0.3, 0.4) is 0 Å². The Morgan fingerprint density at radius 1 is 1.27 bits per heavy atom. The van der Waals surface area contributed by atoms with E-state index in [0.717, 1.165) is 23.8 Å². The summed E-state index contributed by atoms with van der Waals surface area (Å²) in [5, 5.41) is 11.5. The molecule has 0 unspecified atom stereocenters. The first-order valence-electron chi connectivity index (χ1n) is 7.91. The van der Waals surface area contributed by atoms with Gasteiger partial charge >= 0.3 is 0 Å². The van der Waals surface area contributed by atoms with Gasteiger partial charge in [-0.3, -0.25) is 4.40 Å². The van der Waals surface area contributed by atoms with Gasteiger partial charge in [-0.1, -0.05) is 32.8 Å². The van der Waals surface area contributed by atoms with Crippen LogP contribution in [0, 0.1) is 5.92 Å². The van der Waals surface area contributed by atoms with E-state index < -0.39 is 0 Å². The van der Waals surface area contributed by atoms with Crippen LogP contribution in [0.15, 0.2) is 29.4 Å². The summed E-state index contributed by atoms with van der Waals surface area (Å²) in [4.78, 5) is 4.36. The van der Waals surface area contributed by atoms with E-state index in [9.17, 15) is 0 Å². The molecule has 0 radical (unpaired) electrons. The molecule has 6 heteroatoms. The lowest BCUT2D eigenvalue weighted by Crippen LogP contribution is -2.38. The second-order valence-corrected chi connectivity index (χ2v) is 6.12. The van der Waals surface area contributed by atoms with Crippen molar-refractivity contribution in [1.82, 2.24) is 19.9 Å². The molecule has 0 fully saturated rings. The number of rotatable bonds is 7. The van der Waals surface area contributed by atoms with E-state index in [0.29, 0.717) is 18.5 Å². The van der Waals surface area contributed by atoms with Gasteiger partial charge in [0.15, 0.2) is 17.4 Å². The molecule has 6 nitrogen and oxygen atoms in total. The van der Waals surface area contributed by atoms with Crippen molar-refractivity contribution in [2.75, 3.05) is 0 Å². The van der Waals surface area contributed by atoms with Crippen molar-refractivity contribution in [3.63, 3.8) is 0 Å². The molecule has 120 valence electrons. The third kappa shape index (κ3) is 4.72. The maximum absolute atomic E-state index is 5.95. The minimum Gasteiger partial charge on any atom is -0.370 e. The number of hydrogen-bond donors (Lipinski definition) is 2. The minimum absolute atomic E-state index is 0.331. The fourth-order valence-corrected chi connectivity index (χ4v) is 2.36. The highest BCUT2D eigenvalue weighted by atomic mass is 15.3. The van der Waals surface area contributed by atoms with Gasteiger partial charge in [0, 0.05) is 12.2 Å². The molecule has 0 aliphatic carbocycles. The molecule has 0 spiro atoms. The van der Waals surface area contributed by atoms with Gasteiger partial charge in [0.1, 0.15) is 6.54 Å². The van der Waals surface area contributed by atoms with Gasteiger partial charge in [0.2, 0.25) is 0 Å². The zero-order valence-corrected chi connectivity index (χ0v) is 13.7. The lowest BCUT2D eigenvalue weighted by atomic mass is 10.0. The fraction of sp³-hybridized carbons (Fsp3) is 0.562. The Kier molecular flexibility index (Phi) is 5.75. The van der Waals surface area contributed by atoms with Gasteiger partial charge in [-0.15, -0.1) is 10.2 Å². The number of aromatic nitrogens is 3. The topological polar surface area (TPSA) is 80.6 Å². The quantitative estimate of drug-likeness (QED) is 0.607. The Balaban J connectivity index is 1.84. The monoisotopic (exact) mass is 302 g/mol. The number of fused-ring (bicyclic) bond motifs is 1. The van der Waals surface area contributed by atoms with E-state index in [1.54, 1.807) is 0 Å². The van der Waals surface area contributed by atoms with Crippen LogP contribution in [-0.2, 0) is 6.54 Å². The van der Waals surface area contributed by atoms with Crippen LogP contribution < -0.4 is 11.1 Å². The summed E-state index contributed by atoms with van der Waals surface area (Å²) >= 11 is 0. The molecule has 0 aromatic carbocycles. The van der Waals surface area contributed by atoms with Gasteiger partial charge in [0.05, 0.1) is 0 Å². The van der Waals surface area contributed by atoms with E-state index in [4.69, 9.17) is 5.73 Å². The van der Waals surface area contributed by atoms with Crippen molar-refractivity contribution in [1.29, 1.82) is 0 Å². The van der Waals surface area contributed by atoms with Crippen molar-refractivity contribution in [2.24, 2.45) is 16.6 Å². The highest BCUT2D eigenvalue weighted by molar-refractivity contribution is 5.78. The molecule has 0 amide bonds. The number of hydrogen-bond acceptors (Lipinski definition) is 3. The summed E-state index contributed by atoms with van der Waals surface area (Å²) < 4.78 is 1.92. The van der Waals surface area contributed by atoms with Crippen molar-refractivity contribution >= 4 is 11.6 Å². The predicted octanol–water partition coefficient (Wildman–Crippen LogP) is 2.35. The van der Waals surface area contributed by atoms with Crippen molar-refractivity contribution < 1.29 is 0 Å². The van der Waals surface area contributed by atoms with Crippen LogP contribution in [0.25, 0.3) is 5.65 Å². The van der Waals surface area contributed by atoms with Crippen LogP contribution in [0.5, 0.6) is 0 Å². The summed E-state index contributed by atoms with van der Waals surface area (Å²) in [6, 6.07) is 6.13. The van der Waals surface area contributed by atoms with Gasteiger partial charge in [-0.05, 0) is 31.4 Å². The molecule has 3 N–H and O–H groups in total. The van der Waals surface area contributed by atoms with Crippen LogP contribution in [-0.4, -0.2) is 26.6 Å². The highest BCUT2D eigenvalue weighted by Crippen LogP contribution is 2.08. The van der Waals surface area contributed by atoms with Crippen LogP contribution in [0.2, 0.25) is 0 Å². The van der Waals surface area contributed by atoms with Crippen molar-refractivity contribution in [3.8, 4) is 0 Å². The molecule has 22 heavy (non-hydrogen) atoms. The van der Waals surface area contributed by atoms with Gasteiger partial charge < -0.3 is 11.1 Å². The number of pyridine rings is 1. The molecular weight excluding hydrogens is 276 g/mol. The van der Waals surface area contributed by atoms with Crippen molar-refractivity contribution in [2.45, 2.75) is 52.6 Å². The number of nitrogens with zero attached hydrogens (tertiary/aromatic N) is 4. The van der Waals surface area contributed by atoms with E-state index in [-0.39, 0.29) is 0 Å². The fourth-order valence-electron chi connectivity index (χ4n) is 2.36. The van der Waals surface area contributed by atoms with E-state index in [2.05, 4.69) is 41.3 Å². The van der Waals surface area contributed by atoms with Gasteiger partial charge in [-0.2, -0.15) is 0 Å². The first kappa shape index (κ1) is 16.3. The smallest absolute Gasteiger partial charge is 0.189 e. The Labute approximate surface area is 131 Å². The molecule has 2 aromatic rings. The average molecular weight is 302 g/mol. The van der Waals surface area contributed by atoms with E-state index >= 15 is 0 Å². The minimum atomic E-state index is 0.331. The molecule has 0 aliphatic rings. The maximum Gasteiger partial charge on any atom is 0.189 e. The lowest BCUT2D eigenvalue weighted by molar-refractivity contribution is 0.493. The van der Waals surface area contributed by atoms with Crippen LogP contribution in [0.4, 0.5) is 0 Å². The standard InChI is InChI=1S/C16H26N6/c1-12(2)7-6-8-13(3)19-16(17)18-11-15-21-20-14-9-4-5-10-22(14)15/h4-5,9-10,12-13H,6-8,11H2,1-3H3,(H3,17,18,19)/t13-/m0/s1. The number of aliphatic imine (C=N–C) groups is 1. The Morgan fingerprint density at radius 2 is 2.09 bits per heavy atom. The van der Waals surface area contributed by atoms with Crippen LogP contribution in [0.1, 0.15) is 45.9 Å². The summed E-state index contributed by atoms with van der Waals surface area (Å²) in [5.74, 6) is 2.00. The van der Waals surface area contributed by atoms with Gasteiger partial charge in [-0.25, -0.2) is 4.99 Å². The molecule has 0 saturated heterocycles. The molecule has 2 rings (SSSR count). The average Bonchev–Trinajstić information content (AvgIpc) is 2.88. The second-order valence-electron chi connectivity index (χ2n) is 6.12. The Morgan fingerprint density at radius 3 is 2.86 bits per heavy atom. The molecule has 0 bridgehead atoms. The predicted molar refractivity (Wildman–Crippen MR) is 89.6 cm³/mol. The van der Waals surface area contributed by atoms with Gasteiger partial charge in [0.25, 0.3) is 0 Å². The lowest BCUT2D eigenvalue weighted by Gasteiger charge is -2.14. The van der Waals surface area contributed by atoms with E-state index in [1.165, 1.54) is 12.8 Å². The first-order valence-corrected chi connectivity index (χ1v) is 7.91. The summed E-state index contributed by atoms with van der Waals surface area (Å²) in [5.41, 5.74) is 6.77. The number of guanidine groups is 1. The third-order valence-corrected chi connectivity index (χ3v) is 3.59. The second kappa shape index (κ2) is 7.77. The van der Waals surface area contributed by atoms with Crippen LogP contribution >= 0.6 is 0 Å². The number of nitrogens with one attached hydrogen (secondary N) is 1. The molecule has 0 aliphatic heterocycles. The van der Waals surface area contributed by atoms with Crippen molar-refractivity contribution in [3.05, 3.63) is 30.2 Å². The normalized spacial score (nSPS) is 13.7. The zero-order chi connectivity index (χ0) is 15.9. The summed E-state index contributed by atoms with van der Waals surface area (Å²) in [7, 11) is 0. The zero-order valence-electron chi connectivity index (χ0n) is 13.7. The Hall–Kier alpha value is -2.11. The first-order chi connectivity index (χ1) is 10.6. The SMILES string of the molecule is CC(C)CCC[C@H](C)NC(N)=NCc1nnc2ccccn12. The number of nitrogens with two attached hydrogens (primary N) is 1. The van der Waals surface area contributed by atoms with E-state index in [1.807, 2.05) is 28.8 Å². The molecular formula is C16H26N6. The Bertz CT molecular complexity index is 616. The summed E-state index contributed by atoms with van der Waals surface area (Å²) in [6.45, 7) is 7.05. The maximum atomic E-state index is 5.95. The highest BCUT2D eigenvalue weighted by Gasteiger charge is 2.06. The largest absolute Gasteiger partial charge is 0.370 e. The molecule has 1 atom stereocenters.